The van der Waals surface area contributed by atoms with E-state index in [1.165, 1.54) is 148 Å². The molecule has 0 aliphatic heterocycles. The molecular formula is C30H66NP. The van der Waals surface area contributed by atoms with Crippen LogP contribution in [-0.2, 0) is 0 Å². The van der Waals surface area contributed by atoms with Crippen molar-refractivity contribution < 1.29 is 0 Å². The molecule has 0 saturated heterocycles. The zero-order valence-corrected chi connectivity index (χ0v) is 24.4. The molecule has 0 heterocycles. The Morgan fingerprint density at radius 2 is 0.625 bits per heavy atom. The minimum absolute atomic E-state index is 1.31. The molecule has 196 valence electrons. The topological polar surface area (TPSA) is 12.0 Å². The van der Waals surface area contributed by atoms with E-state index in [1.807, 2.05) is 0 Å². The molecule has 0 aliphatic carbocycles. The number of unbranched alkanes of at least 4 members (excludes halogenated alkanes) is 18. The molecule has 32 heavy (non-hydrogen) atoms. The van der Waals surface area contributed by atoms with Gasteiger partial charge >= 0.3 is 206 Å². The average Bonchev–Trinajstić information content (AvgIpc) is 2.80. The summed E-state index contributed by atoms with van der Waals surface area (Å²) >= 11 is 0. The van der Waals surface area contributed by atoms with E-state index >= 15 is 0 Å². The van der Waals surface area contributed by atoms with Crippen LogP contribution in [0.3, 0.4) is 0 Å². The first-order valence-corrected chi connectivity index (χ1v) is 18.1. The predicted molar refractivity (Wildman–Crippen MR) is 155 cm³/mol. The van der Waals surface area contributed by atoms with Gasteiger partial charge in [-0.1, -0.05) is 0 Å². The Kier molecular flexibility index (Phi) is 26.3. The summed E-state index contributed by atoms with van der Waals surface area (Å²) in [6, 6.07) is 0. The standard InChI is InChI=1S/C30H66NP/c1-5-9-13-17-20-24-28-32(31-27-23-16-12-8-4,29-25-21-18-14-10-6-2)30-26-22-19-15-11-7-3/h31-32H,5-30H2,1-4H3. The van der Waals surface area contributed by atoms with Gasteiger partial charge in [0.2, 0.25) is 0 Å². The number of rotatable bonds is 27. The van der Waals surface area contributed by atoms with E-state index in [1.54, 1.807) is 18.5 Å². The molecule has 0 radical (unpaired) electrons. The van der Waals surface area contributed by atoms with Gasteiger partial charge in [-0.05, 0) is 0 Å². The molecule has 0 saturated carbocycles. The summed E-state index contributed by atoms with van der Waals surface area (Å²) < 4.78 is 0. The fraction of sp³-hybridized carbons (Fsp3) is 1.00. The van der Waals surface area contributed by atoms with Crippen LogP contribution in [-0.4, -0.2) is 25.0 Å². The van der Waals surface area contributed by atoms with Gasteiger partial charge in [0.15, 0.2) is 0 Å². The second-order valence-corrected chi connectivity index (χ2v) is 15.2. The van der Waals surface area contributed by atoms with Gasteiger partial charge in [-0.25, -0.2) is 0 Å². The molecule has 1 nitrogen and oxygen atoms in total. The predicted octanol–water partition coefficient (Wildman–Crippen LogP) is 10.9. The van der Waals surface area contributed by atoms with Crippen LogP contribution in [0.1, 0.15) is 169 Å². The van der Waals surface area contributed by atoms with Crippen LogP contribution >= 0.6 is 7.41 Å². The Morgan fingerprint density at radius 3 is 0.969 bits per heavy atom. The van der Waals surface area contributed by atoms with Crippen LogP contribution in [0.5, 0.6) is 0 Å². The van der Waals surface area contributed by atoms with E-state index in [9.17, 15) is 0 Å². The van der Waals surface area contributed by atoms with Crippen molar-refractivity contribution in [1.29, 1.82) is 0 Å². The molecule has 0 aromatic heterocycles. The molecule has 0 aromatic rings. The molecule has 0 aliphatic rings. The maximum absolute atomic E-state index is 4.34. The van der Waals surface area contributed by atoms with Crippen LogP contribution in [0.2, 0.25) is 0 Å². The number of hydrogen-bond acceptors (Lipinski definition) is 1. The van der Waals surface area contributed by atoms with E-state index < -0.39 is 7.41 Å². The van der Waals surface area contributed by atoms with Crippen LogP contribution in [0.25, 0.3) is 0 Å². The van der Waals surface area contributed by atoms with Gasteiger partial charge in [-0.3, -0.25) is 0 Å². The number of nitrogens with one attached hydrogen (secondary N) is 1. The molecule has 0 aromatic carbocycles. The van der Waals surface area contributed by atoms with Gasteiger partial charge in [0.1, 0.15) is 0 Å². The molecular weight excluding hydrogens is 405 g/mol. The number of hydrogen-bond donors (Lipinski definition) is 1. The summed E-state index contributed by atoms with van der Waals surface area (Å²) in [5, 5.41) is 4.34. The van der Waals surface area contributed by atoms with E-state index in [0.717, 1.165) is 0 Å². The Labute approximate surface area is 206 Å². The summed E-state index contributed by atoms with van der Waals surface area (Å²) in [6.45, 7) is 10.7. The Morgan fingerprint density at radius 1 is 0.344 bits per heavy atom. The van der Waals surface area contributed by atoms with Crippen LogP contribution in [0.4, 0.5) is 0 Å². The SMILES string of the molecule is CCCCCCCC[PH](CCCCCCCC)(CCCCCCCC)NCCCCCC. The third kappa shape index (κ3) is 21.0. The van der Waals surface area contributed by atoms with Gasteiger partial charge in [0, 0.05) is 0 Å². The van der Waals surface area contributed by atoms with Crippen molar-refractivity contribution in [3.63, 3.8) is 0 Å². The van der Waals surface area contributed by atoms with Crippen molar-refractivity contribution in [3.8, 4) is 0 Å². The second-order valence-electron chi connectivity index (χ2n) is 10.8. The summed E-state index contributed by atoms with van der Waals surface area (Å²) in [6.07, 6.45) is 36.5. The van der Waals surface area contributed by atoms with Gasteiger partial charge in [-0.2, -0.15) is 0 Å². The van der Waals surface area contributed by atoms with E-state index in [0.29, 0.717) is 0 Å². The maximum atomic E-state index is 4.34. The molecule has 0 amide bonds. The van der Waals surface area contributed by atoms with Crippen LogP contribution in [0, 0.1) is 0 Å². The first-order chi connectivity index (χ1) is 15.7. The van der Waals surface area contributed by atoms with Crippen LogP contribution < -0.4 is 5.09 Å². The molecule has 0 fully saturated rings. The van der Waals surface area contributed by atoms with Crippen molar-refractivity contribution >= 4 is 7.41 Å². The quantitative estimate of drug-likeness (QED) is 0.0927. The van der Waals surface area contributed by atoms with Gasteiger partial charge in [0.05, 0.1) is 0 Å². The van der Waals surface area contributed by atoms with Crippen molar-refractivity contribution in [2.45, 2.75) is 169 Å². The van der Waals surface area contributed by atoms with Crippen molar-refractivity contribution in [3.05, 3.63) is 0 Å². The summed E-state index contributed by atoms with van der Waals surface area (Å²) in [5.74, 6) is 0. The first kappa shape index (κ1) is 32.4. The van der Waals surface area contributed by atoms with Crippen LogP contribution in [0.15, 0.2) is 0 Å². The Hall–Kier alpha value is 0.390. The van der Waals surface area contributed by atoms with Gasteiger partial charge < -0.3 is 0 Å². The van der Waals surface area contributed by atoms with E-state index in [4.69, 9.17) is 0 Å². The zero-order valence-electron chi connectivity index (χ0n) is 23.4. The Bertz CT molecular complexity index is 303. The summed E-state index contributed by atoms with van der Waals surface area (Å²) in [4.78, 5) is 0. The van der Waals surface area contributed by atoms with Gasteiger partial charge in [-0.15, -0.1) is 0 Å². The molecule has 0 bridgehead atoms. The fourth-order valence-electron chi connectivity index (χ4n) is 5.28. The zero-order chi connectivity index (χ0) is 23.6. The van der Waals surface area contributed by atoms with Crippen molar-refractivity contribution in [2.75, 3.05) is 25.0 Å². The summed E-state index contributed by atoms with van der Waals surface area (Å²) in [5.41, 5.74) is 0. The van der Waals surface area contributed by atoms with Crippen molar-refractivity contribution in [1.82, 2.24) is 5.09 Å². The van der Waals surface area contributed by atoms with E-state index in [2.05, 4.69) is 32.8 Å². The first-order valence-electron chi connectivity index (χ1n) is 15.5. The monoisotopic (exact) mass is 471 g/mol. The van der Waals surface area contributed by atoms with Crippen molar-refractivity contribution in [2.24, 2.45) is 0 Å². The molecule has 0 atom stereocenters. The molecule has 0 spiro atoms. The van der Waals surface area contributed by atoms with E-state index in [-0.39, 0.29) is 0 Å². The average molecular weight is 472 g/mol. The summed E-state index contributed by atoms with van der Waals surface area (Å²) in [7, 11) is -1.31. The third-order valence-corrected chi connectivity index (χ3v) is 12.5. The normalized spacial score (nSPS) is 12.5. The third-order valence-electron chi connectivity index (χ3n) is 7.56. The molecule has 0 rings (SSSR count). The Balaban J connectivity index is 4.72. The molecule has 1 N–H and O–H groups in total. The van der Waals surface area contributed by atoms with Gasteiger partial charge in [0.25, 0.3) is 0 Å². The molecule has 0 unspecified atom stereocenters. The fourth-order valence-corrected chi connectivity index (χ4v) is 10.0. The molecule has 2 heteroatoms. The minimum atomic E-state index is -1.31. The second kappa shape index (κ2) is 26.0.